The van der Waals surface area contributed by atoms with Gasteiger partial charge in [-0.15, -0.1) is 0 Å². The molecule has 0 radical (unpaired) electrons. The van der Waals surface area contributed by atoms with E-state index in [0.29, 0.717) is 0 Å². The number of rotatable bonds is 26. The largest absolute Gasteiger partial charge is 0.550 e. The van der Waals surface area contributed by atoms with Crippen molar-refractivity contribution in [1.29, 1.82) is 0 Å². The molecule has 0 aliphatic carbocycles. The van der Waals surface area contributed by atoms with Crippen LogP contribution in [0.5, 0.6) is 0 Å². The summed E-state index contributed by atoms with van der Waals surface area (Å²) < 4.78 is 3.05. The number of aliphatic carboxylic acids is 3. The highest BCUT2D eigenvalue weighted by molar-refractivity contribution is 5.86. The van der Waals surface area contributed by atoms with Gasteiger partial charge >= 0.3 is 0 Å². The molecule has 9 aromatic carbocycles. The molecule has 85 heavy (non-hydrogen) atoms. The number of likely N-dealkylation sites (N-methyl/N-ethyl adjacent to an activating group) is 3. The lowest BCUT2D eigenvalue weighted by Crippen LogP contribution is -2.54. The smallest absolute Gasteiger partial charge is 0.114 e. The van der Waals surface area contributed by atoms with E-state index >= 15 is 0 Å². The molecule has 0 saturated heterocycles. The average molecular weight is 1140 g/mol. The fourth-order valence-corrected chi connectivity index (χ4v) is 10.6. The van der Waals surface area contributed by atoms with Gasteiger partial charge < -0.3 is 48.3 Å². The Bertz CT molecular complexity index is 2830. The molecule has 0 saturated carbocycles. The molecule has 0 amide bonds. The number of carbonyl (C=O) groups is 3. The summed E-state index contributed by atoms with van der Waals surface area (Å²) in [7, 11) is 7.13. The van der Waals surface area contributed by atoms with E-state index in [1.54, 1.807) is 0 Å². The van der Waals surface area contributed by atoms with Gasteiger partial charge in [-0.1, -0.05) is 273 Å². The standard InChI is InChI=1S/3C23H26N.C6H8O7/c3*1-24(19-22-13-7-3-8-14-22,20-23-15-9-4-10-16-23)18-17-21-11-5-2-6-12-21;7-3(8)1-6(13,5(11)12)2-4(9)10/h3*2-16H,17-20H2,1H3;13H,1-2H2,(H,7,8)(H,9,10)(H,11,12)/q3*+1;/p-3. The van der Waals surface area contributed by atoms with Crippen molar-refractivity contribution in [2.45, 2.75) is 77.0 Å². The van der Waals surface area contributed by atoms with Crippen LogP contribution in [0.2, 0.25) is 0 Å². The molecule has 0 atom stereocenters. The average Bonchev–Trinajstić information content (AvgIpc) is 3.52. The Morgan fingerprint density at radius 1 is 0.294 bits per heavy atom. The van der Waals surface area contributed by atoms with Crippen LogP contribution < -0.4 is 15.3 Å². The molecule has 0 spiro atoms. The van der Waals surface area contributed by atoms with E-state index in [2.05, 4.69) is 294 Å². The van der Waals surface area contributed by atoms with Gasteiger partial charge in [0.05, 0.1) is 46.7 Å². The highest BCUT2D eigenvalue weighted by atomic mass is 16.4. The van der Waals surface area contributed by atoms with E-state index in [4.69, 9.17) is 5.11 Å². The summed E-state index contributed by atoms with van der Waals surface area (Å²) in [6, 6.07) is 97.5. The number of benzene rings is 9. The highest BCUT2D eigenvalue weighted by Gasteiger charge is 2.30. The molecule has 0 fully saturated rings. The van der Waals surface area contributed by atoms with E-state index in [9.17, 15) is 29.7 Å². The predicted molar refractivity (Wildman–Crippen MR) is 334 cm³/mol. The third-order valence-corrected chi connectivity index (χ3v) is 15.0. The Morgan fingerprint density at radius 3 is 0.588 bits per heavy atom. The summed E-state index contributed by atoms with van der Waals surface area (Å²) in [5.41, 5.74) is 9.72. The van der Waals surface area contributed by atoms with Gasteiger partial charge in [-0.2, -0.15) is 0 Å². The van der Waals surface area contributed by atoms with Crippen molar-refractivity contribution in [2.75, 3.05) is 40.8 Å². The fourth-order valence-electron chi connectivity index (χ4n) is 10.6. The molecular weight excluding hydrogens is 1050 g/mol. The normalized spacial score (nSPS) is 11.3. The Kier molecular flexibility index (Phi) is 26.2. The highest BCUT2D eigenvalue weighted by Crippen LogP contribution is 2.22. The lowest BCUT2D eigenvalue weighted by molar-refractivity contribution is -0.935. The first kappa shape index (κ1) is 65.4. The zero-order valence-corrected chi connectivity index (χ0v) is 49.6. The Labute approximate surface area is 504 Å². The molecule has 440 valence electrons. The maximum absolute atomic E-state index is 10.1. The zero-order valence-electron chi connectivity index (χ0n) is 49.6. The number of carboxylic acid groups (broad SMARTS) is 3. The van der Waals surface area contributed by atoms with Crippen molar-refractivity contribution in [2.24, 2.45) is 0 Å². The maximum atomic E-state index is 10.1. The van der Waals surface area contributed by atoms with Crippen LogP contribution in [0.4, 0.5) is 0 Å². The summed E-state index contributed by atoms with van der Waals surface area (Å²) in [6.45, 7) is 9.75. The van der Waals surface area contributed by atoms with Crippen molar-refractivity contribution in [3.05, 3.63) is 323 Å². The second-order valence-electron chi connectivity index (χ2n) is 23.0. The van der Waals surface area contributed by atoms with Crippen molar-refractivity contribution < 1.29 is 48.3 Å². The van der Waals surface area contributed by atoms with Gasteiger partial charge in [-0.3, -0.25) is 0 Å². The number of aliphatic hydroxyl groups is 1. The second kappa shape index (κ2) is 34.1. The number of quaternary nitrogens is 3. The topological polar surface area (TPSA) is 141 Å². The van der Waals surface area contributed by atoms with E-state index < -0.39 is 36.4 Å². The van der Waals surface area contributed by atoms with E-state index in [1.165, 1.54) is 50.1 Å². The van der Waals surface area contributed by atoms with Gasteiger partial charge in [0, 0.05) is 77.4 Å². The lowest BCUT2D eigenvalue weighted by Gasteiger charge is -2.35. The van der Waals surface area contributed by atoms with Crippen molar-refractivity contribution >= 4 is 17.9 Å². The number of nitrogens with zero attached hydrogens (tertiary/aromatic N) is 3. The van der Waals surface area contributed by atoms with Crippen molar-refractivity contribution in [1.82, 2.24) is 0 Å². The summed E-state index contributed by atoms with van der Waals surface area (Å²) in [4.78, 5) is 30.0. The molecule has 1 N–H and O–H groups in total. The molecule has 10 heteroatoms. The van der Waals surface area contributed by atoms with E-state index in [1.807, 2.05) is 0 Å². The molecule has 0 unspecified atom stereocenters. The number of hydrogen-bond acceptors (Lipinski definition) is 7. The Morgan fingerprint density at radius 2 is 0.447 bits per heavy atom. The second-order valence-corrected chi connectivity index (χ2v) is 23.0. The quantitative estimate of drug-likeness (QED) is 0.0533. The van der Waals surface area contributed by atoms with Crippen LogP contribution in [0.25, 0.3) is 0 Å². The van der Waals surface area contributed by atoms with Crippen LogP contribution in [0.1, 0.15) is 62.9 Å². The van der Waals surface area contributed by atoms with Gasteiger partial charge in [-0.25, -0.2) is 0 Å². The van der Waals surface area contributed by atoms with Gasteiger partial charge in [0.2, 0.25) is 0 Å². The molecule has 0 bridgehead atoms. The van der Waals surface area contributed by atoms with Crippen molar-refractivity contribution in [3.8, 4) is 0 Å². The van der Waals surface area contributed by atoms with Gasteiger partial charge in [0.25, 0.3) is 0 Å². The number of carboxylic acids is 3. The van der Waals surface area contributed by atoms with Crippen LogP contribution in [0.15, 0.2) is 273 Å². The summed E-state index contributed by atoms with van der Waals surface area (Å²) >= 11 is 0. The molecule has 0 aliphatic heterocycles. The minimum atomic E-state index is -2.97. The predicted octanol–water partition coefficient (Wildman–Crippen LogP) is 9.98. The molecule has 9 rings (SSSR count). The molecule has 0 aliphatic rings. The van der Waals surface area contributed by atoms with Gasteiger partial charge in [0.15, 0.2) is 0 Å². The van der Waals surface area contributed by atoms with Crippen LogP contribution in [-0.4, -0.2) is 82.8 Å². The Hall–Kier alpha value is -8.77. The van der Waals surface area contributed by atoms with E-state index in [0.717, 1.165) is 91.6 Å². The molecule has 10 nitrogen and oxygen atoms in total. The van der Waals surface area contributed by atoms with Crippen LogP contribution in [0.3, 0.4) is 0 Å². The van der Waals surface area contributed by atoms with E-state index in [-0.39, 0.29) is 0 Å². The maximum Gasteiger partial charge on any atom is 0.114 e. The minimum absolute atomic E-state index is 1.02. The summed E-state index contributed by atoms with van der Waals surface area (Å²) in [5.74, 6) is -5.98. The monoisotopic (exact) mass is 1140 g/mol. The first-order valence-electron chi connectivity index (χ1n) is 29.2. The summed E-state index contributed by atoms with van der Waals surface area (Å²) in [6.07, 6.45) is 0.609. The van der Waals surface area contributed by atoms with Crippen molar-refractivity contribution in [3.63, 3.8) is 0 Å². The molecule has 0 aromatic heterocycles. The third-order valence-electron chi connectivity index (χ3n) is 15.0. The lowest BCUT2D eigenvalue weighted by atomic mass is 9.96. The first-order chi connectivity index (χ1) is 41.0. The van der Waals surface area contributed by atoms with Gasteiger partial charge in [-0.05, 0) is 16.7 Å². The SMILES string of the molecule is C[N+](CCc1ccccc1)(Cc1ccccc1)Cc1ccccc1.C[N+](CCc1ccccc1)(Cc1ccccc1)Cc1ccccc1.C[N+](CCc1ccccc1)(Cc1ccccc1)Cc1ccccc1.O=C([O-])CC(O)(CC(=O)[O-])C(=O)[O-]. The third kappa shape index (κ3) is 24.9. The van der Waals surface area contributed by atoms with Crippen LogP contribution >= 0.6 is 0 Å². The van der Waals surface area contributed by atoms with Crippen LogP contribution in [-0.2, 0) is 72.9 Å². The molecule has 0 heterocycles. The zero-order chi connectivity index (χ0) is 60.6. The molecular formula is C75H83N3O7. The number of hydrogen-bond donors (Lipinski definition) is 1. The fraction of sp³-hybridized carbons (Fsp3) is 0.240. The number of carbonyl (C=O) groups excluding carboxylic acids is 3. The molecule has 9 aromatic rings. The van der Waals surface area contributed by atoms with Crippen LogP contribution in [0, 0.1) is 0 Å². The minimum Gasteiger partial charge on any atom is -0.550 e. The Balaban J connectivity index is 0.000000186. The van der Waals surface area contributed by atoms with Gasteiger partial charge in [0.1, 0.15) is 44.9 Å². The first-order valence-corrected chi connectivity index (χ1v) is 29.2. The summed E-state index contributed by atoms with van der Waals surface area (Å²) in [5, 5.41) is 38.9.